The highest BCUT2D eigenvalue weighted by Gasteiger charge is 2.20. The number of carbonyl (C=O) groups excluding carboxylic acids is 1. The summed E-state index contributed by atoms with van der Waals surface area (Å²) in [5.74, 6) is 0. The number of rotatable bonds is 3. The smallest absolute Gasteiger partial charge is 0.266 e. The normalized spacial score (nSPS) is 10.6. The van der Waals surface area contributed by atoms with Gasteiger partial charge in [-0.2, -0.15) is 0 Å². The summed E-state index contributed by atoms with van der Waals surface area (Å²) in [7, 11) is 0. The fraction of sp³-hybridized carbons (Fsp3) is 0.250. The zero-order valence-electron chi connectivity index (χ0n) is 7.01. The van der Waals surface area contributed by atoms with Crippen molar-refractivity contribution in [3.05, 3.63) is 27.5 Å². The van der Waals surface area contributed by atoms with Crippen LogP contribution in [0.2, 0.25) is 0 Å². The van der Waals surface area contributed by atoms with Crippen molar-refractivity contribution in [2.45, 2.75) is 13.0 Å². The molecule has 2 N–H and O–H groups in total. The van der Waals surface area contributed by atoms with Gasteiger partial charge >= 0.3 is 0 Å². The van der Waals surface area contributed by atoms with Crippen LogP contribution in [0.3, 0.4) is 0 Å². The fourth-order valence-electron chi connectivity index (χ4n) is 1.10. The minimum absolute atomic E-state index is 0.0659. The Morgan fingerprint density at radius 3 is 2.71 bits per heavy atom. The van der Waals surface area contributed by atoms with Crippen LogP contribution < -0.4 is 5.73 Å². The first kappa shape index (κ1) is 11.2. The first-order valence-corrected chi connectivity index (χ1v) is 4.51. The molecule has 0 spiro atoms. The lowest BCUT2D eigenvalue weighted by Gasteiger charge is -2.10. The van der Waals surface area contributed by atoms with Gasteiger partial charge in [0.25, 0.3) is 6.43 Å². The summed E-state index contributed by atoms with van der Waals surface area (Å²) in [6.07, 6.45) is -1.16. The van der Waals surface area contributed by atoms with Crippen molar-refractivity contribution in [3.63, 3.8) is 0 Å². The van der Waals surface area contributed by atoms with Crippen molar-refractivity contribution >= 4 is 22.2 Å². The van der Waals surface area contributed by atoms with E-state index in [0.717, 1.165) is 0 Å². The summed E-state index contributed by atoms with van der Waals surface area (Å²) in [5.41, 5.74) is 4.87. The summed E-state index contributed by atoms with van der Waals surface area (Å²) in [5, 5.41) is 0. The number of pyridine rings is 1. The average Bonchev–Trinajstić information content (AvgIpc) is 2.17. The number of hydrogen-bond donors (Lipinski definition) is 1. The Morgan fingerprint density at radius 2 is 2.29 bits per heavy atom. The quantitative estimate of drug-likeness (QED) is 0.851. The van der Waals surface area contributed by atoms with Gasteiger partial charge in [0.2, 0.25) is 0 Å². The van der Waals surface area contributed by atoms with Crippen molar-refractivity contribution in [2.24, 2.45) is 5.73 Å². The molecule has 0 saturated heterocycles. The number of aldehydes is 1. The molecule has 3 nitrogen and oxygen atoms in total. The van der Waals surface area contributed by atoms with Gasteiger partial charge in [0.15, 0.2) is 6.29 Å². The molecule has 0 aliphatic heterocycles. The van der Waals surface area contributed by atoms with Crippen molar-refractivity contribution in [1.82, 2.24) is 4.98 Å². The molecule has 0 unspecified atom stereocenters. The van der Waals surface area contributed by atoms with Crippen LogP contribution in [0.1, 0.15) is 28.0 Å². The highest BCUT2D eigenvalue weighted by molar-refractivity contribution is 9.10. The van der Waals surface area contributed by atoms with E-state index in [1.165, 1.54) is 6.20 Å². The van der Waals surface area contributed by atoms with Gasteiger partial charge in [-0.25, -0.2) is 8.78 Å². The number of carbonyl (C=O) groups is 1. The summed E-state index contributed by atoms with van der Waals surface area (Å²) in [6, 6.07) is 0. The second kappa shape index (κ2) is 4.56. The van der Waals surface area contributed by atoms with E-state index in [9.17, 15) is 13.6 Å². The largest absolute Gasteiger partial charge is 0.326 e. The molecule has 0 atom stereocenters. The molecule has 0 fully saturated rings. The maximum Gasteiger partial charge on any atom is 0.266 e. The summed E-state index contributed by atoms with van der Waals surface area (Å²) in [4.78, 5) is 14.0. The Hall–Kier alpha value is -0.880. The Kier molecular flexibility index (Phi) is 3.65. The molecule has 14 heavy (non-hydrogen) atoms. The highest BCUT2D eigenvalue weighted by atomic mass is 79.9. The molecular formula is C8H7BrF2N2O. The van der Waals surface area contributed by atoms with Crippen LogP contribution in [-0.4, -0.2) is 11.3 Å². The van der Waals surface area contributed by atoms with Crippen LogP contribution >= 0.6 is 15.9 Å². The van der Waals surface area contributed by atoms with Crippen LogP contribution in [0.25, 0.3) is 0 Å². The fourth-order valence-corrected chi connectivity index (χ4v) is 1.58. The molecule has 76 valence electrons. The zero-order valence-corrected chi connectivity index (χ0v) is 8.59. The predicted octanol–water partition coefficient (Wildman–Crippen LogP) is 2.05. The SMILES string of the molecule is NCc1c(Br)cnc(C=O)c1C(F)F. The van der Waals surface area contributed by atoms with E-state index in [1.807, 2.05) is 0 Å². The van der Waals surface area contributed by atoms with Crippen molar-refractivity contribution < 1.29 is 13.6 Å². The van der Waals surface area contributed by atoms with Crippen molar-refractivity contribution in [2.75, 3.05) is 0 Å². The summed E-state index contributed by atoms with van der Waals surface area (Å²) < 4.78 is 25.5. The first-order chi connectivity index (χ1) is 6.61. The summed E-state index contributed by atoms with van der Waals surface area (Å²) in [6.45, 7) is -0.0659. The van der Waals surface area contributed by atoms with E-state index >= 15 is 0 Å². The number of alkyl halides is 2. The molecule has 1 aromatic rings. The average molecular weight is 265 g/mol. The Balaban J connectivity index is 3.43. The van der Waals surface area contributed by atoms with Gasteiger partial charge in [-0.3, -0.25) is 9.78 Å². The number of nitrogens with zero attached hydrogens (tertiary/aromatic N) is 1. The molecule has 1 aromatic heterocycles. The topological polar surface area (TPSA) is 56.0 Å². The van der Waals surface area contributed by atoms with Crippen molar-refractivity contribution in [1.29, 1.82) is 0 Å². The van der Waals surface area contributed by atoms with Gasteiger partial charge in [0, 0.05) is 17.2 Å². The van der Waals surface area contributed by atoms with Gasteiger partial charge in [0.1, 0.15) is 5.69 Å². The molecule has 6 heteroatoms. The Bertz CT molecular complexity index is 357. The van der Waals surface area contributed by atoms with E-state index in [0.29, 0.717) is 10.8 Å². The number of halogens is 3. The van der Waals surface area contributed by atoms with Gasteiger partial charge in [-0.05, 0) is 21.5 Å². The standard InChI is InChI=1S/C8H7BrF2N2O/c9-5-2-13-6(3-14)7(8(10)11)4(5)1-12/h2-3,8H,1,12H2. The molecule has 0 aliphatic rings. The molecule has 0 radical (unpaired) electrons. The van der Waals surface area contributed by atoms with E-state index < -0.39 is 12.0 Å². The van der Waals surface area contributed by atoms with Gasteiger partial charge in [-0.15, -0.1) is 0 Å². The summed E-state index contributed by atoms with van der Waals surface area (Å²) >= 11 is 3.05. The van der Waals surface area contributed by atoms with E-state index in [4.69, 9.17) is 5.73 Å². The minimum atomic E-state index is -2.75. The van der Waals surface area contributed by atoms with Crippen LogP contribution in [0.5, 0.6) is 0 Å². The highest BCUT2D eigenvalue weighted by Crippen LogP contribution is 2.29. The van der Waals surface area contributed by atoms with E-state index in [2.05, 4.69) is 20.9 Å². The van der Waals surface area contributed by atoms with Gasteiger partial charge in [0.05, 0.1) is 5.56 Å². The lowest BCUT2D eigenvalue weighted by atomic mass is 10.1. The molecule has 1 heterocycles. The third kappa shape index (κ3) is 1.96. The second-order valence-electron chi connectivity index (χ2n) is 2.51. The van der Waals surface area contributed by atoms with Crippen LogP contribution in [0.15, 0.2) is 10.7 Å². The Morgan fingerprint density at radius 1 is 1.64 bits per heavy atom. The molecule has 0 aromatic carbocycles. The molecule has 1 rings (SSSR count). The van der Waals surface area contributed by atoms with Crippen LogP contribution in [0.4, 0.5) is 8.78 Å². The molecule has 0 aliphatic carbocycles. The Labute approximate surface area is 87.4 Å². The maximum atomic E-state index is 12.6. The van der Waals surface area contributed by atoms with E-state index in [-0.39, 0.29) is 17.8 Å². The molecule has 0 saturated carbocycles. The number of hydrogen-bond acceptors (Lipinski definition) is 3. The molecular weight excluding hydrogens is 258 g/mol. The monoisotopic (exact) mass is 264 g/mol. The third-order valence-electron chi connectivity index (χ3n) is 1.74. The van der Waals surface area contributed by atoms with Gasteiger partial charge < -0.3 is 5.73 Å². The minimum Gasteiger partial charge on any atom is -0.326 e. The maximum absolute atomic E-state index is 12.6. The lowest BCUT2D eigenvalue weighted by Crippen LogP contribution is -2.08. The first-order valence-electron chi connectivity index (χ1n) is 3.72. The zero-order chi connectivity index (χ0) is 10.7. The van der Waals surface area contributed by atoms with Crippen molar-refractivity contribution in [3.8, 4) is 0 Å². The predicted molar refractivity (Wildman–Crippen MR) is 50.2 cm³/mol. The number of nitrogens with two attached hydrogens (primary N) is 1. The van der Waals surface area contributed by atoms with Crippen LogP contribution in [-0.2, 0) is 6.54 Å². The lowest BCUT2D eigenvalue weighted by molar-refractivity contribution is 0.110. The third-order valence-corrected chi connectivity index (χ3v) is 2.42. The van der Waals surface area contributed by atoms with Gasteiger partial charge in [-0.1, -0.05) is 0 Å². The molecule has 0 amide bonds. The molecule has 0 bridgehead atoms. The second-order valence-corrected chi connectivity index (χ2v) is 3.36. The van der Waals surface area contributed by atoms with E-state index in [1.54, 1.807) is 0 Å². The number of aromatic nitrogens is 1. The van der Waals surface area contributed by atoms with Crippen LogP contribution in [0, 0.1) is 0 Å².